The van der Waals surface area contributed by atoms with E-state index in [-0.39, 0.29) is 23.7 Å². The Labute approximate surface area is 102 Å². The van der Waals surface area contributed by atoms with Crippen LogP contribution in [0.25, 0.3) is 0 Å². The molecule has 0 radical (unpaired) electrons. The molecule has 0 saturated heterocycles. The van der Waals surface area contributed by atoms with Gasteiger partial charge < -0.3 is 5.73 Å². The van der Waals surface area contributed by atoms with E-state index in [1.165, 1.54) is 0 Å². The van der Waals surface area contributed by atoms with Crippen molar-refractivity contribution in [3.63, 3.8) is 0 Å². The highest BCUT2D eigenvalue weighted by Gasteiger charge is 2.38. The molecule has 0 aromatic heterocycles. The van der Waals surface area contributed by atoms with Crippen LogP contribution in [0.2, 0.25) is 0 Å². The van der Waals surface area contributed by atoms with Crippen molar-refractivity contribution >= 4 is 22.2 Å². The monoisotopic (exact) mass is 261 g/mol. The van der Waals surface area contributed by atoms with E-state index in [1.807, 2.05) is 6.07 Å². The van der Waals surface area contributed by atoms with Crippen LogP contribution in [0, 0.1) is 0 Å². The SMILES string of the molecule is CC(N)c1ccccc1S(=O)(=O)C1CC1.Cl. The highest BCUT2D eigenvalue weighted by atomic mass is 35.5. The number of rotatable bonds is 3. The van der Waals surface area contributed by atoms with Crippen LogP contribution in [0.4, 0.5) is 0 Å². The molecule has 1 aromatic rings. The van der Waals surface area contributed by atoms with E-state index in [1.54, 1.807) is 25.1 Å². The molecule has 1 aromatic carbocycles. The zero-order valence-corrected chi connectivity index (χ0v) is 10.7. The Balaban J connectivity index is 0.00000128. The normalized spacial score (nSPS) is 17.6. The summed E-state index contributed by atoms with van der Waals surface area (Å²) in [5.41, 5.74) is 6.49. The number of halogens is 1. The molecule has 2 N–H and O–H groups in total. The Kier molecular flexibility index (Phi) is 3.99. The van der Waals surface area contributed by atoms with Crippen molar-refractivity contribution in [1.82, 2.24) is 0 Å². The first-order chi connectivity index (χ1) is 7.03. The fraction of sp³-hybridized carbons (Fsp3) is 0.455. The van der Waals surface area contributed by atoms with E-state index < -0.39 is 9.84 Å². The number of sulfone groups is 1. The lowest BCUT2D eigenvalue weighted by Gasteiger charge is -2.12. The summed E-state index contributed by atoms with van der Waals surface area (Å²) in [5.74, 6) is 0. The van der Waals surface area contributed by atoms with Crippen molar-refractivity contribution < 1.29 is 8.42 Å². The van der Waals surface area contributed by atoms with Crippen LogP contribution < -0.4 is 5.73 Å². The second-order valence-corrected chi connectivity index (χ2v) is 6.27. The molecule has 0 bridgehead atoms. The molecule has 1 aliphatic carbocycles. The molecule has 0 amide bonds. The molecule has 90 valence electrons. The second kappa shape index (κ2) is 4.73. The van der Waals surface area contributed by atoms with Crippen LogP contribution in [0.3, 0.4) is 0 Å². The Morgan fingerprint density at radius 1 is 1.31 bits per heavy atom. The number of hydrogen-bond donors (Lipinski definition) is 1. The van der Waals surface area contributed by atoms with Crippen molar-refractivity contribution in [3.05, 3.63) is 29.8 Å². The lowest BCUT2D eigenvalue weighted by atomic mass is 10.1. The predicted molar refractivity (Wildman–Crippen MR) is 66.5 cm³/mol. The zero-order chi connectivity index (χ0) is 11.1. The summed E-state index contributed by atoms with van der Waals surface area (Å²) >= 11 is 0. The maximum atomic E-state index is 12.1. The highest BCUT2D eigenvalue weighted by Crippen LogP contribution is 2.35. The predicted octanol–water partition coefficient (Wildman–Crippen LogP) is 2.06. The maximum absolute atomic E-state index is 12.1. The van der Waals surface area contributed by atoms with Gasteiger partial charge in [-0.3, -0.25) is 0 Å². The zero-order valence-electron chi connectivity index (χ0n) is 9.09. The topological polar surface area (TPSA) is 60.2 Å². The lowest BCUT2D eigenvalue weighted by molar-refractivity contribution is 0.592. The summed E-state index contributed by atoms with van der Waals surface area (Å²) in [7, 11) is -3.12. The van der Waals surface area contributed by atoms with Gasteiger partial charge in [-0.2, -0.15) is 0 Å². The first kappa shape index (κ1) is 13.5. The second-order valence-electron chi connectivity index (χ2n) is 4.07. The van der Waals surface area contributed by atoms with Gasteiger partial charge in [0.15, 0.2) is 9.84 Å². The van der Waals surface area contributed by atoms with Crippen molar-refractivity contribution in [2.45, 2.75) is 36.0 Å². The molecule has 1 unspecified atom stereocenters. The van der Waals surface area contributed by atoms with E-state index in [4.69, 9.17) is 5.73 Å². The van der Waals surface area contributed by atoms with Crippen molar-refractivity contribution in [3.8, 4) is 0 Å². The summed E-state index contributed by atoms with van der Waals surface area (Å²) in [5, 5.41) is -0.169. The number of hydrogen-bond acceptors (Lipinski definition) is 3. The molecule has 3 nitrogen and oxygen atoms in total. The standard InChI is InChI=1S/C11H15NO2S.ClH/c1-8(12)10-4-2-3-5-11(10)15(13,14)9-6-7-9;/h2-5,8-9H,6-7,12H2,1H3;1H. The minimum atomic E-state index is -3.12. The molecule has 0 aliphatic heterocycles. The summed E-state index contributed by atoms with van der Waals surface area (Å²) in [6, 6.07) is 6.78. The minimum absolute atomic E-state index is 0. The third-order valence-electron chi connectivity index (χ3n) is 2.68. The van der Waals surface area contributed by atoms with Gasteiger partial charge in [-0.05, 0) is 31.4 Å². The van der Waals surface area contributed by atoms with Gasteiger partial charge in [0.1, 0.15) is 0 Å². The molecule has 5 heteroatoms. The summed E-state index contributed by atoms with van der Waals surface area (Å²) in [6.07, 6.45) is 1.57. The van der Waals surface area contributed by atoms with Gasteiger partial charge in [0.25, 0.3) is 0 Å². The third-order valence-corrected chi connectivity index (χ3v) is 5.01. The average molecular weight is 262 g/mol. The van der Waals surface area contributed by atoms with Crippen LogP contribution in [-0.4, -0.2) is 13.7 Å². The fourth-order valence-corrected chi connectivity index (χ4v) is 3.64. The Hall–Kier alpha value is -0.580. The molecule has 1 aliphatic rings. The molecule has 16 heavy (non-hydrogen) atoms. The molecule has 1 fully saturated rings. The largest absolute Gasteiger partial charge is 0.324 e. The van der Waals surface area contributed by atoms with Crippen molar-refractivity contribution in [1.29, 1.82) is 0 Å². The number of nitrogens with two attached hydrogens (primary N) is 1. The van der Waals surface area contributed by atoms with Crippen LogP contribution in [0.1, 0.15) is 31.4 Å². The fourth-order valence-electron chi connectivity index (χ4n) is 1.67. The summed E-state index contributed by atoms with van der Waals surface area (Å²) in [4.78, 5) is 0.419. The molecule has 1 saturated carbocycles. The molecule has 2 rings (SSSR count). The van der Waals surface area contributed by atoms with E-state index in [0.29, 0.717) is 4.90 Å². The third kappa shape index (κ3) is 2.39. The Bertz CT molecular complexity index is 467. The first-order valence-corrected chi connectivity index (χ1v) is 6.66. The van der Waals surface area contributed by atoms with Crippen LogP contribution in [0.15, 0.2) is 29.2 Å². The van der Waals surface area contributed by atoms with Crippen LogP contribution in [-0.2, 0) is 9.84 Å². The first-order valence-electron chi connectivity index (χ1n) is 5.12. The van der Waals surface area contributed by atoms with Gasteiger partial charge in [0, 0.05) is 6.04 Å². The molecular formula is C11H16ClNO2S. The average Bonchev–Trinajstić information content (AvgIpc) is 3.01. The summed E-state index contributed by atoms with van der Waals surface area (Å²) < 4.78 is 24.1. The molecule has 0 heterocycles. The van der Waals surface area contributed by atoms with Gasteiger partial charge in [-0.15, -0.1) is 12.4 Å². The van der Waals surface area contributed by atoms with E-state index in [0.717, 1.165) is 18.4 Å². The van der Waals surface area contributed by atoms with Gasteiger partial charge in [0.05, 0.1) is 10.1 Å². The van der Waals surface area contributed by atoms with Gasteiger partial charge >= 0.3 is 0 Å². The lowest BCUT2D eigenvalue weighted by Crippen LogP contribution is -2.14. The van der Waals surface area contributed by atoms with Crippen LogP contribution >= 0.6 is 12.4 Å². The van der Waals surface area contributed by atoms with E-state index in [2.05, 4.69) is 0 Å². The van der Waals surface area contributed by atoms with Gasteiger partial charge in [-0.25, -0.2) is 8.42 Å². The smallest absolute Gasteiger partial charge is 0.181 e. The van der Waals surface area contributed by atoms with Gasteiger partial charge in [-0.1, -0.05) is 18.2 Å². The van der Waals surface area contributed by atoms with E-state index >= 15 is 0 Å². The minimum Gasteiger partial charge on any atom is -0.324 e. The van der Waals surface area contributed by atoms with Crippen LogP contribution in [0.5, 0.6) is 0 Å². The quantitative estimate of drug-likeness (QED) is 0.906. The highest BCUT2D eigenvalue weighted by molar-refractivity contribution is 7.92. The summed E-state index contributed by atoms with van der Waals surface area (Å²) in [6.45, 7) is 1.81. The molecule has 1 atom stereocenters. The molecular weight excluding hydrogens is 246 g/mol. The Morgan fingerprint density at radius 3 is 2.38 bits per heavy atom. The van der Waals surface area contributed by atoms with Gasteiger partial charge in [0.2, 0.25) is 0 Å². The molecule has 0 spiro atoms. The van der Waals surface area contributed by atoms with Crippen molar-refractivity contribution in [2.75, 3.05) is 0 Å². The van der Waals surface area contributed by atoms with E-state index in [9.17, 15) is 8.42 Å². The number of benzene rings is 1. The Morgan fingerprint density at radius 2 is 1.88 bits per heavy atom. The van der Waals surface area contributed by atoms with Crippen molar-refractivity contribution in [2.24, 2.45) is 5.73 Å². The maximum Gasteiger partial charge on any atom is 0.181 e.